The molecule has 0 bridgehead atoms. The van der Waals surface area contributed by atoms with Crippen LogP contribution in [0.15, 0.2) is 30.5 Å². The number of amides is 1. The number of carbonyl (C=O) groups is 1. The Balaban J connectivity index is 1.87. The first-order valence-corrected chi connectivity index (χ1v) is 6.43. The number of aromatic nitrogens is 1. The number of fused-ring (bicyclic) bond motifs is 1. The minimum Gasteiger partial charge on any atom is -0.397 e. The van der Waals surface area contributed by atoms with Crippen molar-refractivity contribution < 1.29 is 4.79 Å². The number of hydrogen-bond donors (Lipinski definition) is 2. The first-order valence-electron chi connectivity index (χ1n) is 6.43. The first kappa shape index (κ1) is 12.5. The number of hydrogen-bond acceptors (Lipinski definition) is 4. The van der Waals surface area contributed by atoms with Gasteiger partial charge in [0.15, 0.2) is 0 Å². The van der Waals surface area contributed by atoms with Gasteiger partial charge in [-0.1, -0.05) is 0 Å². The number of aryl methyl sites for hydroxylation is 1. The van der Waals surface area contributed by atoms with Crippen LogP contribution in [-0.4, -0.2) is 17.9 Å². The normalized spacial score (nSPS) is 13.5. The molecule has 1 aromatic heterocycles. The predicted octanol–water partition coefficient (Wildman–Crippen LogP) is 2.23. The van der Waals surface area contributed by atoms with E-state index in [2.05, 4.69) is 10.3 Å². The maximum atomic E-state index is 11.7. The largest absolute Gasteiger partial charge is 0.397 e. The Labute approximate surface area is 117 Å². The summed E-state index contributed by atoms with van der Waals surface area (Å²) in [6, 6.07) is 7.79. The van der Waals surface area contributed by atoms with Crippen molar-refractivity contribution in [3.8, 4) is 0 Å². The lowest BCUT2D eigenvalue weighted by atomic mass is 10.1. The third-order valence-electron chi connectivity index (χ3n) is 3.58. The SMILES string of the molecule is Cc1cc(Nc2ccc3c(c2)CC(=O)N3C)ncc1N. The molecule has 0 atom stereocenters. The molecule has 1 aromatic carbocycles. The van der Waals surface area contributed by atoms with Crippen molar-refractivity contribution in [2.75, 3.05) is 23.0 Å². The van der Waals surface area contributed by atoms with Crippen molar-refractivity contribution >= 4 is 28.8 Å². The molecule has 0 saturated heterocycles. The number of nitrogens with two attached hydrogens (primary N) is 1. The van der Waals surface area contributed by atoms with Gasteiger partial charge in [0, 0.05) is 18.4 Å². The maximum Gasteiger partial charge on any atom is 0.231 e. The summed E-state index contributed by atoms with van der Waals surface area (Å²) in [7, 11) is 1.80. The van der Waals surface area contributed by atoms with Gasteiger partial charge in [0.1, 0.15) is 5.82 Å². The molecule has 0 fully saturated rings. The molecule has 20 heavy (non-hydrogen) atoms. The van der Waals surface area contributed by atoms with E-state index in [4.69, 9.17) is 5.73 Å². The second kappa shape index (κ2) is 4.52. The number of nitrogens with one attached hydrogen (secondary N) is 1. The van der Waals surface area contributed by atoms with Gasteiger partial charge in [-0.3, -0.25) is 4.79 Å². The summed E-state index contributed by atoms with van der Waals surface area (Å²) < 4.78 is 0. The van der Waals surface area contributed by atoms with E-state index < -0.39 is 0 Å². The van der Waals surface area contributed by atoms with Gasteiger partial charge in [0.25, 0.3) is 0 Å². The Morgan fingerprint density at radius 3 is 2.90 bits per heavy atom. The number of rotatable bonds is 2. The molecular weight excluding hydrogens is 252 g/mol. The second-order valence-electron chi connectivity index (χ2n) is 5.02. The van der Waals surface area contributed by atoms with Crippen LogP contribution in [0.1, 0.15) is 11.1 Å². The highest BCUT2D eigenvalue weighted by Gasteiger charge is 2.23. The second-order valence-corrected chi connectivity index (χ2v) is 5.02. The van der Waals surface area contributed by atoms with E-state index in [-0.39, 0.29) is 5.91 Å². The average Bonchev–Trinajstić information content (AvgIpc) is 2.69. The topological polar surface area (TPSA) is 71.2 Å². The van der Waals surface area contributed by atoms with E-state index >= 15 is 0 Å². The molecule has 0 radical (unpaired) electrons. The van der Waals surface area contributed by atoms with Gasteiger partial charge in [-0.2, -0.15) is 0 Å². The predicted molar refractivity (Wildman–Crippen MR) is 80.2 cm³/mol. The first-order chi connectivity index (χ1) is 9.54. The van der Waals surface area contributed by atoms with Crippen molar-refractivity contribution in [1.29, 1.82) is 0 Å². The quantitative estimate of drug-likeness (QED) is 0.876. The van der Waals surface area contributed by atoms with Crippen LogP contribution in [0.25, 0.3) is 0 Å². The minimum atomic E-state index is 0.124. The van der Waals surface area contributed by atoms with Crippen molar-refractivity contribution in [2.24, 2.45) is 0 Å². The molecule has 1 amide bonds. The van der Waals surface area contributed by atoms with Gasteiger partial charge in [-0.05, 0) is 42.3 Å². The highest BCUT2D eigenvalue weighted by Crippen LogP contribution is 2.31. The lowest BCUT2D eigenvalue weighted by Gasteiger charge is -2.12. The van der Waals surface area contributed by atoms with Crippen molar-refractivity contribution in [3.63, 3.8) is 0 Å². The molecule has 1 aliphatic heterocycles. The Kier molecular flexibility index (Phi) is 2.82. The molecule has 5 heteroatoms. The number of carbonyl (C=O) groups excluding carboxylic acids is 1. The molecule has 102 valence electrons. The summed E-state index contributed by atoms with van der Waals surface area (Å²) in [5.41, 5.74) is 10.3. The number of anilines is 4. The molecule has 0 saturated carbocycles. The van der Waals surface area contributed by atoms with E-state index in [1.165, 1.54) is 0 Å². The van der Waals surface area contributed by atoms with Gasteiger partial charge < -0.3 is 16.0 Å². The lowest BCUT2D eigenvalue weighted by Crippen LogP contribution is -2.20. The fourth-order valence-electron chi connectivity index (χ4n) is 2.33. The number of nitrogen functional groups attached to an aromatic ring is 1. The summed E-state index contributed by atoms with van der Waals surface area (Å²) in [6.45, 7) is 1.94. The zero-order valence-corrected chi connectivity index (χ0v) is 11.5. The van der Waals surface area contributed by atoms with Crippen LogP contribution in [0.5, 0.6) is 0 Å². The van der Waals surface area contributed by atoms with E-state index in [0.717, 1.165) is 28.3 Å². The molecule has 0 aliphatic carbocycles. The summed E-state index contributed by atoms with van der Waals surface area (Å²) in [6.07, 6.45) is 2.10. The van der Waals surface area contributed by atoms with Crippen LogP contribution in [0.3, 0.4) is 0 Å². The van der Waals surface area contributed by atoms with E-state index in [0.29, 0.717) is 12.1 Å². The monoisotopic (exact) mass is 268 g/mol. The Morgan fingerprint density at radius 1 is 1.35 bits per heavy atom. The molecule has 3 rings (SSSR count). The molecule has 1 aliphatic rings. The van der Waals surface area contributed by atoms with E-state index in [1.807, 2.05) is 31.2 Å². The van der Waals surface area contributed by atoms with Crippen LogP contribution in [0.2, 0.25) is 0 Å². The number of benzene rings is 1. The molecule has 2 aromatic rings. The number of pyridine rings is 1. The molecule has 0 unspecified atom stereocenters. The summed E-state index contributed by atoms with van der Waals surface area (Å²) in [4.78, 5) is 17.6. The zero-order valence-electron chi connectivity index (χ0n) is 11.5. The van der Waals surface area contributed by atoms with Crippen molar-refractivity contribution in [1.82, 2.24) is 4.98 Å². The Bertz CT molecular complexity index is 696. The molecule has 2 heterocycles. The molecule has 5 nitrogen and oxygen atoms in total. The zero-order chi connectivity index (χ0) is 14.3. The Morgan fingerprint density at radius 2 is 2.15 bits per heavy atom. The van der Waals surface area contributed by atoms with Crippen molar-refractivity contribution in [3.05, 3.63) is 41.6 Å². The summed E-state index contributed by atoms with van der Waals surface area (Å²) in [5.74, 6) is 0.868. The maximum absolute atomic E-state index is 11.7. The van der Waals surface area contributed by atoms with Crippen LogP contribution in [-0.2, 0) is 11.2 Å². The third kappa shape index (κ3) is 2.07. The summed E-state index contributed by atoms with van der Waals surface area (Å²) >= 11 is 0. The third-order valence-corrected chi connectivity index (χ3v) is 3.58. The summed E-state index contributed by atoms with van der Waals surface area (Å²) in [5, 5.41) is 3.23. The van der Waals surface area contributed by atoms with Crippen LogP contribution in [0, 0.1) is 6.92 Å². The smallest absolute Gasteiger partial charge is 0.231 e. The fourth-order valence-corrected chi connectivity index (χ4v) is 2.33. The van der Waals surface area contributed by atoms with Gasteiger partial charge in [-0.15, -0.1) is 0 Å². The van der Waals surface area contributed by atoms with Crippen LogP contribution < -0.4 is 16.0 Å². The van der Waals surface area contributed by atoms with Gasteiger partial charge in [0.05, 0.1) is 18.3 Å². The standard InChI is InChI=1S/C15H16N4O/c1-9-5-14(17-8-12(9)16)18-11-3-4-13-10(6-11)7-15(20)19(13)2/h3-6,8H,7,16H2,1-2H3,(H,17,18). The van der Waals surface area contributed by atoms with Crippen LogP contribution in [0.4, 0.5) is 22.9 Å². The minimum absolute atomic E-state index is 0.124. The fraction of sp³-hybridized carbons (Fsp3) is 0.200. The lowest BCUT2D eigenvalue weighted by molar-refractivity contribution is -0.117. The average molecular weight is 268 g/mol. The molecular formula is C15H16N4O. The van der Waals surface area contributed by atoms with Gasteiger partial charge >= 0.3 is 0 Å². The Hall–Kier alpha value is -2.56. The van der Waals surface area contributed by atoms with Crippen LogP contribution >= 0.6 is 0 Å². The van der Waals surface area contributed by atoms with E-state index in [9.17, 15) is 4.79 Å². The van der Waals surface area contributed by atoms with Crippen molar-refractivity contribution in [2.45, 2.75) is 13.3 Å². The van der Waals surface area contributed by atoms with Gasteiger partial charge in [-0.25, -0.2) is 4.98 Å². The highest BCUT2D eigenvalue weighted by atomic mass is 16.2. The molecule has 3 N–H and O–H groups in total. The molecule has 0 spiro atoms. The number of nitrogens with zero attached hydrogens (tertiary/aromatic N) is 2. The van der Waals surface area contributed by atoms with Gasteiger partial charge in [0.2, 0.25) is 5.91 Å². The number of likely N-dealkylation sites (N-methyl/N-ethyl adjacent to an activating group) is 1. The van der Waals surface area contributed by atoms with E-state index in [1.54, 1.807) is 18.1 Å². The highest BCUT2D eigenvalue weighted by molar-refractivity contribution is 6.01.